The third kappa shape index (κ3) is 3.84. The third-order valence-corrected chi connectivity index (χ3v) is 2.51. The summed E-state index contributed by atoms with van der Waals surface area (Å²) in [6, 6.07) is 6.84. The predicted molar refractivity (Wildman–Crippen MR) is 62.2 cm³/mol. The van der Waals surface area contributed by atoms with E-state index < -0.39 is 0 Å². The van der Waals surface area contributed by atoms with Gasteiger partial charge in [0.1, 0.15) is 5.82 Å². The Morgan fingerprint density at radius 1 is 1.53 bits per heavy atom. The second-order valence-corrected chi connectivity index (χ2v) is 3.76. The molecule has 0 saturated heterocycles. The molecule has 82 valence electrons. The first-order valence-electron chi connectivity index (χ1n) is 5.29. The molecule has 1 aromatic carbocycles. The molecule has 1 N–H and O–H groups in total. The van der Waals surface area contributed by atoms with E-state index in [9.17, 15) is 4.39 Å². The van der Waals surface area contributed by atoms with E-state index in [1.165, 1.54) is 11.6 Å². The van der Waals surface area contributed by atoms with Gasteiger partial charge in [0.2, 0.25) is 0 Å². The molecule has 1 rings (SSSR count). The molecule has 0 unspecified atom stereocenters. The summed E-state index contributed by atoms with van der Waals surface area (Å²) < 4.78 is 12.9. The molecular weight excluding hydrogens is 189 g/mol. The number of rotatable bonds is 5. The Balaban J connectivity index is 2.53. The monoisotopic (exact) mass is 207 g/mol. The highest BCUT2D eigenvalue weighted by molar-refractivity contribution is 5.19. The van der Waals surface area contributed by atoms with Gasteiger partial charge in [-0.15, -0.1) is 0 Å². The van der Waals surface area contributed by atoms with Crippen LogP contribution in [-0.4, -0.2) is 6.54 Å². The van der Waals surface area contributed by atoms with Crippen molar-refractivity contribution in [2.24, 2.45) is 0 Å². The first kappa shape index (κ1) is 11.9. The van der Waals surface area contributed by atoms with E-state index in [4.69, 9.17) is 0 Å². The van der Waals surface area contributed by atoms with Crippen molar-refractivity contribution in [3.05, 3.63) is 47.8 Å². The van der Waals surface area contributed by atoms with Crippen LogP contribution in [0.15, 0.2) is 36.4 Å². The quantitative estimate of drug-likeness (QED) is 0.729. The smallest absolute Gasteiger partial charge is 0.123 e. The lowest BCUT2D eigenvalue weighted by molar-refractivity contribution is 0.586. The summed E-state index contributed by atoms with van der Waals surface area (Å²) in [6.45, 7) is 8.81. The Morgan fingerprint density at radius 3 is 2.87 bits per heavy atom. The lowest BCUT2D eigenvalue weighted by atomic mass is 10.1. The summed E-state index contributed by atoms with van der Waals surface area (Å²) in [5.74, 6) is -0.185. The molecule has 0 bridgehead atoms. The summed E-state index contributed by atoms with van der Waals surface area (Å²) >= 11 is 0. The standard InChI is InChI=1S/C13H18FN/c1-4-10(2)9-15-11(3)12-6-5-7-13(14)8-12/h5-8,11,15H,2,4,9H2,1,3H3/t11-/m1/s1. The van der Waals surface area contributed by atoms with Gasteiger partial charge < -0.3 is 5.32 Å². The van der Waals surface area contributed by atoms with Crippen molar-refractivity contribution in [3.63, 3.8) is 0 Å². The van der Waals surface area contributed by atoms with E-state index in [-0.39, 0.29) is 11.9 Å². The van der Waals surface area contributed by atoms with E-state index in [1.54, 1.807) is 12.1 Å². The van der Waals surface area contributed by atoms with Gasteiger partial charge in [-0.3, -0.25) is 0 Å². The minimum atomic E-state index is -0.185. The van der Waals surface area contributed by atoms with E-state index in [0.717, 1.165) is 18.5 Å². The van der Waals surface area contributed by atoms with E-state index in [2.05, 4.69) is 18.8 Å². The van der Waals surface area contributed by atoms with Gasteiger partial charge in [0.15, 0.2) is 0 Å². The lowest BCUT2D eigenvalue weighted by Gasteiger charge is -2.14. The van der Waals surface area contributed by atoms with Gasteiger partial charge in [0.25, 0.3) is 0 Å². The molecule has 1 atom stereocenters. The number of hydrogen-bond acceptors (Lipinski definition) is 1. The fraction of sp³-hybridized carbons (Fsp3) is 0.385. The van der Waals surface area contributed by atoms with Crippen LogP contribution in [0, 0.1) is 5.82 Å². The Hall–Kier alpha value is -1.15. The zero-order valence-electron chi connectivity index (χ0n) is 9.39. The average Bonchev–Trinajstić information content (AvgIpc) is 2.25. The summed E-state index contributed by atoms with van der Waals surface area (Å²) in [6.07, 6.45) is 0.975. The zero-order valence-corrected chi connectivity index (χ0v) is 9.39. The van der Waals surface area contributed by atoms with Crippen molar-refractivity contribution in [2.75, 3.05) is 6.54 Å². The molecule has 1 nitrogen and oxygen atoms in total. The number of nitrogens with one attached hydrogen (secondary N) is 1. The van der Waals surface area contributed by atoms with Crippen LogP contribution in [0.5, 0.6) is 0 Å². The topological polar surface area (TPSA) is 12.0 Å². The maximum atomic E-state index is 12.9. The molecule has 0 aliphatic heterocycles. The van der Waals surface area contributed by atoms with Gasteiger partial charge in [-0.25, -0.2) is 4.39 Å². The second kappa shape index (κ2) is 5.66. The van der Waals surface area contributed by atoms with Crippen molar-refractivity contribution >= 4 is 0 Å². The molecule has 0 radical (unpaired) electrons. The normalized spacial score (nSPS) is 12.5. The van der Waals surface area contributed by atoms with Crippen LogP contribution >= 0.6 is 0 Å². The van der Waals surface area contributed by atoms with Gasteiger partial charge in [-0.2, -0.15) is 0 Å². The van der Waals surface area contributed by atoms with Crippen molar-refractivity contribution < 1.29 is 4.39 Å². The highest BCUT2D eigenvalue weighted by Crippen LogP contribution is 2.13. The van der Waals surface area contributed by atoms with Crippen LogP contribution in [0.2, 0.25) is 0 Å². The zero-order chi connectivity index (χ0) is 11.3. The summed E-state index contributed by atoms with van der Waals surface area (Å²) in [5.41, 5.74) is 2.14. The average molecular weight is 207 g/mol. The maximum Gasteiger partial charge on any atom is 0.123 e. The highest BCUT2D eigenvalue weighted by atomic mass is 19.1. The summed E-state index contributed by atoms with van der Waals surface area (Å²) in [7, 11) is 0. The van der Waals surface area contributed by atoms with Gasteiger partial charge in [0.05, 0.1) is 0 Å². The van der Waals surface area contributed by atoms with Crippen molar-refractivity contribution in [1.29, 1.82) is 0 Å². The minimum Gasteiger partial charge on any atom is -0.306 e. The third-order valence-electron chi connectivity index (χ3n) is 2.51. The minimum absolute atomic E-state index is 0.156. The van der Waals surface area contributed by atoms with Crippen LogP contribution < -0.4 is 5.32 Å². The molecule has 0 fully saturated rings. The maximum absolute atomic E-state index is 12.9. The van der Waals surface area contributed by atoms with Crippen molar-refractivity contribution in [2.45, 2.75) is 26.3 Å². The molecular formula is C13H18FN. The summed E-state index contributed by atoms with van der Waals surface area (Å²) in [4.78, 5) is 0. The van der Waals surface area contributed by atoms with Gasteiger partial charge in [-0.05, 0) is 31.0 Å². The molecule has 0 aliphatic carbocycles. The molecule has 0 heterocycles. The van der Waals surface area contributed by atoms with Crippen LogP contribution in [0.4, 0.5) is 4.39 Å². The van der Waals surface area contributed by atoms with Gasteiger partial charge >= 0.3 is 0 Å². The van der Waals surface area contributed by atoms with E-state index >= 15 is 0 Å². The Morgan fingerprint density at radius 2 is 2.27 bits per heavy atom. The number of halogens is 1. The first-order valence-corrected chi connectivity index (χ1v) is 5.29. The second-order valence-electron chi connectivity index (χ2n) is 3.76. The number of hydrogen-bond donors (Lipinski definition) is 1. The van der Waals surface area contributed by atoms with Gasteiger partial charge in [-0.1, -0.05) is 31.2 Å². The predicted octanol–water partition coefficient (Wildman–Crippen LogP) is 3.44. The Bertz CT molecular complexity index is 333. The molecule has 0 saturated carbocycles. The highest BCUT2D eigenvalue weighted by Gasteiger charge is 2.05. The lowest BCUT2D eigenvalue weighted by Crippen LogP contribution is -2.20. The fourth-order valence-electron chi connectivity index (χ4n) is 1.32. The molecule has 15 heavy (non-hydrogen) atoms. The van der Waals surface area contributed by atoms with Crippen molar-refractivity contribution in [3.8, 4) is 0 Å². The van der Waals surface area contributed by atoms with Gasteiger partial charge in [0, 0.05) is 12.6 Å². The van der Waals surface area contributed by atoms with Crippen LogP contribution in [-0.2, 0) is 0 Å². The summed E-state index contributed by atoms with van der Waals surface area (Å²) in [5, 5.41) is 3.31. The molecule has 0 amide bonds. The SMILES string of the molecule is C=C(CC)CN[C@H](C)c1cccc(F)c1. The molecule has 1 aromatic rings. The first-order chi connectivity index (χ1) is 7.13. The molecule has 0 aliphatic rings. The molecule has 2 heteroatoms. The number of benzene rings is 1. The van der Waals surface area contributed by atoms with Crippen LogP contribution in [0.1, 0.15) is 31.9 Å². The fourth-order valence-corrected chi connectivity index (χ4v) is 1.32. The van der Waals surface area contributed by atoms with Crippen LogP contribution in [0.3, 0.4) is 0 Å². The van der Waals surface area contributed by atoms with E-state index in [1.807, 2.05) is 13.0 Å². The Labute approximate surface area is 91.0 Å². The Kier molecular flexibility index (Phi) is 4.50. The van der Waals surface area contributed by atoms with Crippen LogP contribution in [0.25, 0.3) is 0 Å². The molecule has 0 spiro atoms. The largest absolute Gasteiger partial charge is 0.306 e. The van der Waals surface area contributed by atoms with Crippen molar-refractivity contribution in [1.82, 2.24) is 5.32 Å². The van der Waals surface area contributed by atoms with E-state index in [0.29, 0.717) is 0 Å². The molecule has 0 aromatic heterocycles.